The molecule has 0 aliphatic carbocycles. The third kappa shape index (κ3) is 6.98. The van der Waals surface area contributed by atoms with Crippen LogP contribution in [-0.4, -0.2) is 42.8 Å². The van der Waals surface area contributed by atoms with Gasteiger partial charge in [0.1, 0.15) is 9.84 Å². The van der Waals surface area contributed by atoms with Gasteiger partial charge in [0.05, 0.1) is 12.2 Å². The summed E-state index contributed by atoms with van der Waals surface area (Å²) in [4.78, 5) is 0. The summed E-state index contributed by atoms with van der Waals surface area (Å²) in [6, 6.07) is 0. The summed E-state index contributed by atoms with van der Waals surface area (Å²) in [5, 5.41) is 18.4. The first kappa shape index (κ1) is 12.9. The number of aliphatic hydroxyl groups excluding tert-OH is 2. The molecule has 2 atom stereocenters. The molecule has 0 heterocycles. The highest BCUT2D eigenvalue weighted by atomic mass is 32.2. The summed E-state index contributed by atoms with van der Waals surface area (Å²) in [5.41, 5.74) is 0. The van der Waals surface area contributed by atoms with Crippen LogP contribution in [0.4, 0.5) is 0 Å². The highest BCUT2D eigenvalue weighted by Crippen LogP contribution is 2.06. The molecule has 80 valence electrons. The van der Waals surface area contributed by atoms with Crippen LogP contribution in [-0.2, 0) is 9.84 Å². The maximum absolute atomic E-state index is 10.7. The Balaban J connectivity index is 3.65. The van der Waals surface area contributed by atoms with Crippen LogP contribution in [0, 0.1) is 0 Å². The Labute approximate surface area is 79.5 Å². The van der Waals surface area contributed by atoms with Crippen LogP contribution in [0.5, 0.6) is 0 Å². The van der Waals surface area contributed by atoms with E-state index in [1.165, 1.54) is 0 Å². The number of rotatable bonds is 6. The van der Waals surface area contributed by atoms with Crippen LogP contribution in [0.2, 0.25) is 0 Å². The molecule has 0 saturated carbocycles. The third-order valence-electron chi connectivity index (χ3n) is 1.88. The van der Waals surface area contributed by atoms with Gasteiger partial charge in [0.2, 0.25) is 0 Å². The Kier molecular flexibility index (Phi) is 5.51. The number of hydrogen-bond donors (Lipinski definition) is 2. The Morgan fingerprint density at radius 2 is 1.77 bits per heavy atom. The molecule has 0 aromatic heterocycles. The van der Waals surface area contributed by atoms with Crippen LogP contribution >= 0.6 is 0 Å². The van der Waals surface area contributed by atoms with Gasteiger partial charge in [-0.15, -0.1) is 0 Å². The molecule has 0 fully saturated rings. The average Bonchev–Trinajstić information content (AvgIpc) is 2.00. The van der Waals surface area contributed by atoms with Crippen molar-refractivity contribution < 1.29 is 18.6 Å². The summed E-state index contributed by atoms with van der Waals surface area (Å²) >= 11 is 0. The van der Waals surface area contributed by atoms with Gasteiger partial charge < -0.3 is 10.2 Å². The minimum atomic E-state index is -2.94. The van der Waals surface area contributed by atoms with E-state index in [-0.39, 0.29) is 5.75 Å². The van der Waals surface area contributed by atoms with Gasteiger partial charge in [0, 0.05) is 12.0 Å². The summed E-state index contributed by atoms with van der Waals surface area (Å²) in [5.74, 6) is 0.0699. The first-order valence-corrected chi connectivity index (χ1v) is 6.46. The van der Waals surface area contributed by atoms with Crippen LogP contribution in [0.1, 0.15) is 26.2 Å². The molecule has 0 aromatic rings. The Bertz CT molecular complexity index is 222. The molecule has 0 aliphatic heterocycles. The second-order valence-corrected chi connectivity index (χ2v) is 5.57. The molecule has 0 aliphatic rings. The molecule has 0 rings (SSSR count). The zero-order valence-corrected chi connectivity index (χ0v) is 8.92. The molecule has 0 amide bonds. The number of sulfone groups is 1. The van der Waals surface area contributed by atoms with E-state index in [1.54, 1.807) is 6.92 Å². The van der Waals surface area contributed by atoms with Crippen molar-refractivity contribution in [1.29, 1.82) is 0 Å². The van der Waals surface area contributed by atoms with Crippen molar-refractivity contribution in [3.8, 4) is 0 Å². The molecule has 0 spiro atoms. The molecule has 2 N–H and O–H groups in total. The Morgan fingerprint density at radius 1 is 1.23 bits per heavy atom. The predicted octanol–water partition coefficient (Wildman–Crippen LogP) is -0.0570. The monoisotopic (exact) mass is 210 g/mol. The maximum atomic E-state index is 10.7. The minimum Gasteiger partial charge on any atom is -0.390 e. The topological polar surface area (TPSA) is 74.6 Å². The van der Waals surface area contributed by atoms with Crippen LogP contribution < -0.4 is 0 Å². The fourth-order valence-electron chi connectivity index (χ4n) is 1.02. The van der Waals surface area contributed by atoms with E-state index in [2.05, 4.69) is 0 Å². The van der Waals surface area contributed by atoms with Gasteiger partial charge in [0.15, 0.2) is 0 Å². The summed E-state index contributed by atoms with van der Waals surface area (Å²) in [6.45, 7) is 1.77. The van der Waals surface area contributed by atoms with Crippen molar-refractivity contribution in [3.63, 3.8) is 0 Å². The molecule has 0 saturated heterocycles. The largest absolute Gasteiger partial charge is 0.390 e. The van der Waals surface area contributed by atoms with Gasteiger partial charge >= 0.3 is 0 Å². The Morgan fingerprint density at radius 3 is 2.15 bits per heavy atom. The number of hydrogen-bond acceptors (Lipinski definition) is 4. The molecule has 5 heteroatoms. The summed E-state index contributed by atoms with van der Waals surface area (Å²) in [7, 11) is -2.94. The second kappa shape index (κ2) is 5.57. The normalized spacial score (nSPS) is 16.9. The standard InChI is InChI=1S/C8H18O4S/c1-3-7(9)8(10)5-4-6-13(2,11)12/h7-10H,3-6H2,1-2H3. The minimum absolute atomic E-state index is 0.0699. The van der Waals surface area contributed by atoms with E-state index in [0.29, 0.717) is 19.3 Å². The first-order valence-electron chi connectivity index (χ1n) is 4.40. The molecule has 0 radical (unpaired) electrons. The van der Waals surface area contributed by atoms with Crippen molar-refractivity contribution in [2.75, 3.05) is 12.0 Å². The highest BCUT2D eigenvalue weighted by Gasteiger charge is 2.14. The Hall–Kier alpha value is -0.130. The SMILES string of the molecule is CCC(O)C(O)CCCS(C)(=O)=O. The van der Waals surface area contributed by atoms with Crippen molar-refractivity contribution in [1.82, 2.24) is 0 Å². The fourth-order valence-corrected chi connectivity index (χ4v) is 1.71. The van der Waals surface area contributed by atoms with E-state index in [0.717, 1.165) is 6.26 Å². The predicted molar refractivity (Wildman–Crippen MR) is 51.2 cm³/mol. The smallest absolute Gasteiger partial charge is 0.147 e. The molecule has 13 heavy (non-hydrogen) atoms. The second-order valence-electron chi connectivity index (χ2n) is 3.32. The zero-order chi connectivity index (χ0) is 10.5. The quantitative estimate of drug-likeness (QED) is 0.644. The molecule has 0 bridgehead atoms. The van der Waals surface area contributed by atoms with Crippen molar-refractivity contribution in [2.24, 2.45) is 0 Å². The van der Waals surface area contributed by atoms with E-state index in [1.807, 2.05) is 0 Å². The van der Waals surface area contributed by atoms with Gasteiger partial charge in [-0.1, -0.05) is 6.92 Å². The van der Waals surface area contributed by atoms with Gasteiger partial charge in [-0.2, -0.15) is 0 Å². The van der Waals surface area contributed by atoms with Crippen LogP contribution in [0.15, 0.2) is 0 Å². The summed E-state index contributed by atoms with van der Waals surface area (Å²) in [6.07, 6.45) is 0.848. The zero-order valence-electron chi connectivity index (χ0n) is 8.10. The fraction of sp³-hybridized carbons (Fsp3) is 1.00. The lowest BCUT2D eigenvalue weighted by Gasteiger charge is -2.15. The van der Waals surface area contributed by atoms with Crippen molar-refractivity contribution in [3.05, 3.63) is 0 Å². The number of aliphatic hydroxyl groups is 2. The van der Waals surface area contributed by atoms with Gasteiger partial charge in [-0.25, -0.2) is 8.42 Å². The lowest BCUT2D eigenvalue weighted by molar-refractivity contribution is 0.0126. The average molecular weight is 210 g/mol. The lowest BCUT2D eigenvalue weighted by atomic mass is 10.1. The first-order chi connectivity index (χ1) is 5.87. The van der Waals surface area contributed by atoms with Crippen molar-refractivity contribution >= 4 is 9.84 Å². The van der Waals surface area contributed by atoms with E-state index < -0.39 is 22.0 Å². The molecular formula is C8H18O4S. The van der Waals surface area contributed by atoms with E-state index in [4.69, 9.17) is 5.11 Å². The van der Waals surface area contributed by atoms with Gasteiger partial charge in [-0.3, -0.25) is 0 Å². The maximum Gasteiger partial charge on any atom is 0.147 e. The van der Waals surface area contributed by atoms with Gasteiger partial charge in [0.25, 0.3) is 0 Å². The van der Waals surface area contributed by atoms with Crippen molar-refractivity contribution in [2.45, 2.75) is 38.4 Å². The lowest BCUT2D eigenvalue weighted by Crippen LogP contribution is -2.25. The van der Waals surface area contributed by atoms with Crippen LogP contribution in [0.3, 0.4) is 0 Å². The molecule has 4 nitrogen and oxygen atoms in total. The van der Waals surface area contributed by atoms with Gasteiger partial charge in [-0.05, 0) is 19.3 Å². The third-order valence-corrected chi connectivity index (χ3v) is 2.91. The molecule has 2 unspecified atom stereocenters. The highest BCUT2D eigenvalue weighted by molar-refractivity contribution is 7.90. The molecule has 0 aromatic carbocycles. The molecular weight excluding hydrogens is 192 g/mol. The van der Waals surface area contributed by atoms with Crippen LogP contribution in [0.25, 0.3) is 0 Å². The summed E-state index contributed by atoms with van der Waals surface area (Å²) < 4.78 is 21.4. The van der Waals surface area contributed by atoms with E-state index >= 15 is 0 Å². The van der Waals surface area contributed by atoms with E-state index in [9.17, 15) is 13.5 Å².